The lowest BCUT2D eigenvalue weighted by molar-refractivity contribution is 0.308. The summed E-state index contributed by atoms with van der Waals surface area (Å²) in [4.78, 5) is 0. The highest BCUT2D eigenvalue weighted by atomic mass is 32.1. The Bertz CT molecular complexity index is 759. The molecule has 0 unspecified atom stereocenters. The smallest absolute Gasteiger partial charge is 0.128 e. The molecule has 24 heavy (non-hydrogen) atoms. The van der Waals surface area contributed by atoms with Crippen LogP contribution in [0.5, 0.6) is 5.75 Å². The van der Waals surface area contributed by atoms with E-state index in [1.54, 1.807) is 0 Å². The molecule has 1 nitrogen and oxygen atoms in total. The Balaban J connectivity index is 1.51. The van der Waals surface area contributed by atoms with E-state index in [0.29, 0.717) is 0 Å². The van der Waals surface area contributed by atoms with Gasteiger partial charge in [-0.3, -0.25) is 0 Å². The van der Waals surface area contributed by atoms with Crippen LogP contribution in [-0.2, 0) is 0 Å². The largest absolute Gasteiger partial charge is 0.493 e. The number of hydrogen-bond donors (Lipinski definition) is 0. The molecule has 2 heteroatoms. The van der Waals surface area contributed by atoms with E-state index in [-0.39, 0.29) is 0 Å². The van der Waals surface area contributed by atoms with Crippen LogP contribution in [0.25, 0.3) is 20.2 Å². The molecule has 128 valence electrons. The molecule has 2 aromatic carbocycles. The lowest BCUT2D eigenvalue weighted by Gasteiger charge is -2.08. The standard InChI is InChI=1S/C22H28OS/c1-2-3-4-5-6-7-8-11-17-23-19-14-12-16-21-22(19)18-13-9-10-15-20(18)24-21/h9-10,12-16H,2-8,11,17H2,1H3. The van der Waals surface area contributed by atoms with Crippen molar-refractivity contribution in [2.45, 2.75) is 58.3 Å². The predicted octanol–water partition coefficient (Wildman–Crippen LogP) is 7.57. The van der Waals surface area contributed by atoms with Gasteiger partial charge in [-0.25, -0.2) is 0 Å². The van der Waals surface area contributed by atoms with Gasteiger partial charge in [-0.05, 0) is 24.6 Å². The Hall–Kier alpha value is -1.54. The van der Waals surface area contributed by atoms with Crippen LogP contribution in [0.1, 0.15) is 58.3 Å². The van der Waals surface area contributed by atoms with Crippen LogP contribution in [-0.4, -0.2) is 6.61 Å². The molecule has 0 aliphatic heterocycles. The van der Waals surface area contributed by atoms with Gasteiger partial charge in [0, 0.05) is 20.2 Å². The molecule has 0 radical (unpaired) electrons. The summed E-state index contributed by atoms with van der Waals surface area (Å²) in [5.41, 5.74) is 0. The van der Waals surface area contributed by atoms with Crippen molar-refractivity contribution in [3.63, 3.8) is 0 Å². The van der Waals surface area contributed by atoms with E-state index >= 15 is 0 Å². The third kappa shape index (κ3) is 4.30. The third-order valence-corrected chi connectivity index (χ3v) is 5.76. The average Bonchev–Trinajstić information content (AvgIpc) is 2.99. The molecule has 0 amide bonds. The summed E-state index contributed by atoms with van der Waals surface area (Å²) in [5, 5.41) is 2.61. The second kappa shape index (κ2) is 9.08. The van der Waals surface area contributed by atoms with Crippen LogP contribution in [0.15, 0.2) is 42.5 Å². The first-order valence-corrected chi connectivity index (χ1v) is 10.2. The van der Waals surface area contributed by atoms with Crippen molar-refractivity contribution < 1.29 is 4.74 Å². The van der Waals surface area contributed by atoms with Gasteiger partial charge in [-0.15, -0.1) is 11.3 Å². The topological polar surface area (TPSA) is 9.23 Å². The normalized spacial score (nSPS) is 11.4. The van der Waals surface area contributed by atoms with Crippen molar-refractivity contribution in [1.82, 2.24) is 0 Å². The summed E-state index contributed by atoms with van der Waals surface area (Å²) in [6, 6.07) is 15.1. The van der Waals surface area contributed by atoms with Crippen molar-refractivity contribution in [3.05, 3.63) is 42.5 Å². The number of rotatable bonds is 10. The van der Waals surface area contributed by atoms with Gasteiger partial charge >= 0.3 is 0 Å². The second-order valence-electron chi connectivity index (χ2n) is 6.55. The fourth-order valence-electron chi connectivity index (χ4n) is 3.28. The predicted molar refractivity (Wildman–Crippen MR) is 107 cm³/mol. The minimum Gasteiger partial charge on any atom is -0.493 e. The molecule has 0 saturated carbocycles. The quantitative estimate of drug-likeness (QED) is 0.346. The number of ether oxygens (including phenoxy) is 1. The summed E-state index contributed by atoms with van der Waals surface area (Å²) in [7, 11) is 0. The molecular formula is C22H28OS. The molecule has 0 atom stereocenters. The fourth-order valence-corrected chi connectivity index (χ4v) is 4.40. The van der Waals surface area contributed by atoms with E-state index in [9.17, 15) is 0 Å². The Morgan fingerprint density at radius 3 is 2.29 bits per heavy atom. The van der Waals surface area contributed by atoms with E-state index in [4.69, 9.17) is 4.74 Å². The van der Waals surface area contributed by atoms with E-state index in [1.807, 2.05) is 11.3 Å². The van der Waals surface area contributed by atoms with Crippen molar-refractivity contribution in [2.75, 3.05) is 6.61 Å². The zero-order chi connectivity index (χ0) is 16.6. The zero-order valence-corrected chi connectivity index (χ0v) is 15.5. The van der Waals surface area contributed by atoms with E-state index in [2.05, 4.69) is 49.4 Å². The van der Waals surface area contributed by atoms with E-state index < -0.39 is 0 Å². The van der Waals surface area contributed by atoms with Crippen molar-refractivity contribution >= 4 is 31.5 Å². The van der Waals surface area contributed by atoms with Gasteiger partial charge in [0.2, 0.25) is 0 Å². The molecule has 0 N–H and O–H groups in total. The molecule has 0 aliphatic rings. The molecular weight excluding hydrogens is 312 g/mol. The number of fused-ring (bicyclic) bond motifs is 3. The van der Waals surface area contributed by atoms with Crippen molar-refractivity contribution in [2.24, 2.45) is 0 Å². The molecule has 0 bridgehead atoms. The first kappa shape index (κ1) is 17.3. The Morgan fingerprint density at radius 1 is 0.750 bits per heavy atom. The molecule has 0 spiro atoms. The van der Waals surface area contributed by atoms with E-state index in [0.717, 1.165) is 18.8 Å². The number of hydrogen-bond acceptors (Lipinski definition) is 2. The highest BCUT2D eigenvalue weighted by Crippen LogP contribution is 2.39. The van der Waals surface area contributed by atoms with Gasteiger partial charge in [-0.2, -0.15) is 0 Å². The lowest BCUT2D eigenvalue weighted by atomic mass is 10.1. The molecule has 1 aromatic heterocycles. The summed E-state index contributed by atoms with van der Waals surface area (Å²) in [5.74, 6) is 1.05. The Morgan fingerprint density at radius 2 is 1.46 bits per heavy atom. The summed E-state index contributed by atoms with van der Waals surface area (Å²) in [6.07, 6.45) is 10.7. The number of thiophene rings is 1. The second-order valence-corrected chi connectivity index (χ2v) is 7.63. The minimum atomic E-state index is 0.832. The van der Waals surface area contributed by atoms with Crippen LogP contribution in [0, 0.1) is 0 Å². The third-order valence-electron chi connectivity index (χ3n) is 4.62. The molecule has 1 heterocycles. The maximum Gasteiger partial charge on any atom is 0.128 e. The highest BCUT2D eigenvalue weighted by molar-refractivity contribution is 7.25. The van der Waals surface area contributed by atoms with Gasteiger partial charge in [0.05, 0.1) is 6.61 Å². The van der Waals surface area contributed by atoms with E-state index in [1.165, 1.54) is 65.1 Å². The zero-order valence-electron chi connectivity index (χ0n) is 14.7. The Labute approximate surface area is 149 Å². The molecule has 0 saturated heterocycles. The van der Waals surface area contributed by atoms with Crippen LogP contribution in [0.4, 0.5) is 0 Å². The molecule has 3 aromatic rings. The molecule has 0 aliphatic carbocycles. The van der Waals surface area contributed by atoms with Crippen molar-refractivity contribution in [3.8, 4) is 5.75 Å². The minimum absolute atomic E-state index is 0.832. The van der Waals surface area contributed by atoms with Gasteiger partial charge in [0.1, 0.15) is 5.75 Å². The summed E-state index contributed by atoms with van der Waals surface area (Å²) < 4.78 is 8.80. The fraction of sp³-hybridized carbons (Fsp3) is 0.455. The van der Waals surface area contributed by atoms with Gasteiger partial charge < -0.3 is 4.74 Å². The molecule has 3 rings (SSSR count). The van der Waals surface area contributed by atoms with Crippen molar-refractivity contribution in [1.29, 1.82) is 0 Å². The lowest BCUT2D eigenvalue weighted by Crippen LogP contribution is -1.97. The van der Waals surface area contributed by atoms with Crippen LogP contribution < -0.4 is 4.74 Å². The SMILES string of the molecule is CCCCCCCCCCOc1cccc2sc3ccccc3c12. The summed E-state index contributed by atoms with van der Waals surface area (Å²) in [6.45, 7) is 3.10. The number of unbranched alkanes of at least 4 members (excludes halogenated alkanes) is 7. The summed E-state index contributed by atoms with van der Waals surface area (Å²) >= 11 is 1.85. The van der Waals surface area contributed by atoms with Crippen LogP contribution >= 0.6 is 11.3 Å². The van der Waals surface area contributed by atoms with Gasteiger partial charge in [0.15, 0.2) is 0 Å². The molecule has 0 fully saturated rings. The average molecular weight is 341 g/mol. The van der Waals surface area contributed by atoms with Crippen LogP contribution in [0.2, 0.25) is 0 Å². The van der Waals surface area contributed by atoms with Gasteiger partial charge in [0.25, 0.3) is 0 Å². The monoisotopic (exact) mass is 340 g/mol. The van der Waals surface area contributed by atoms with Gasteiger partial charge in [-0.1, -0.05) is 76.1 Å². The maximum absolute atomic E-state index is 6.14. The maximum atomic E-state index is 6.14. The first-order valence-electron chi connectivity index (χ1n) is 9.43. The highest BCUT2D eigenvalue weighted by Gasteiger charge is 2.09. The number of benzene rings is 2. The Kier molecular flexibility index (Phi) is 6.54. The van der Waals surface area contributed by atoms with Crippen LogP contribution in [0.3, 0.4) is 0 Å². The first-order chi connectivity index (χ1) is 11.9.